The van der Waals surface area contributed by atoms with Gasteiger partial charge in [0.25, 0.3) is 11.5 Å². The molecule has 0 saturated carbocycles. The van der Waals surface area contributed by atoms with Crippen molar-refractivity contribution >= 4 is 11.9 Å². The fraction of sp³-hybridized carbons (Fsp3) is 0.250. The topological polar surface area (TPSA) is 126 Å². The number of primary amides is 1. The molecule has 0 aliphatic rings. The maximum Gasteiger partial charge on any atom is 0.303 e. The summed E-state index contributed by atoms with van der Waals surface area (Å²) in [5.41, 5.74) is 4.62. The summed E-state index contributed by atoms with van der Waals surface area (Å²) in [4.78, 5) is 37.9. The largest absolute Gasteiger partial charge is 0.481 e. The molecule has 15 heavy (non-hydrogen) atoms. The Morgan fingerprint density at radius 3 is 2.73 bits per heavy atom. The zero-order valence-corrected chi connectivity index (χ0v) is 7.69. The van der Waals surface area contributed by atoms with E-state index >= 15 is 0 Å². The van der Waals surface area contributed by atoms with E-state index in [0.717, 1.165) is 6.07 Å². The van der Waals surface area contributed by atoms with Gasteiger partial charge >= 0.3 is 5.97 Å². The highest BCUT2D eigenvalue weighted by atomic mass is 16.4. The van der Waals surface area contributed by atoms with Crippen LogP contribution in [0.1, 0.15) is 22.7 Å². The number of hydrogen-bond donors (Lipinski definition) is 3. The van der Waals surface area contributed by atoms with Crippen molar-refractivity contribution in [2.24, 2.45) is 5.73 Å². The highest BCUT2D eigenvalue weighted by molar-refractivity contribution is 5.88. The second kappa shape index (κ2) is 4.36. The third-order valence-electron chi connectivity index (χ3n) is 1.62. The molecular weight excluding hydrogens is 202 g/mol. The van der Waals surface area contributed by atoms with Crippen LogP contribution in [0.15, 0.2) is 10.9 Å². The van der Waals surface area contributed by atoms with E-state index in [9.17, 15) is 14.4 Å². The number of carboxylic acids is 1. The molecule has 0 fully saturated rings. The van der Waals surface area contributed by atoms with Gasteiger partial charge in [-0.3, -0.25) is 14.4 Å². The van der Waals surface area contributed by atoms with E-state index in [2.05, 4.69) is 9.97 Å². The number of aryl methyl sites for hydroxylation is 1. The van der Waals surface area contributed by atoms with Crippen LogP contribution in [0.3, 0.4) is 0 Å². The molecule has 0 radical (unpaired) electrons. The number of nitrogens with one attached hydrogen (secondary N) is 1. The van der Waals surface area contributed by atoms with Crippen LogP contribution in [0.5, 0.6) is 0 Å². The molecule has 0 bridgehead atoms. The van der Waals surface area contributed by atoms with Crippen LogP contribution in [-0.4, -0.2) is 27.0 Å². The van der Waals surface area contributed by atoms with Crippen LogP contribution in [0.2, 0.25) is 0 Å². The van der Waals surface area contributed by atoms with Gasteiger partial charge in [-0.25, -0.2) is 4.98 Å². The molecule has 7 nitrogen and oxygen atoms in total. The van der Waals surface area contributed by atoms with E-state index in [1.54, 1.807) is 0 Å². The molecule has 0 unspecified atom stereocenters. The van der Waals surface area contributed by atoms with Gasteiger partial charge in [-0.2, -0.15) is 0 Å². The third kappa shape index (κ3) is 3.22. The number of amides is 1. The number of carbonyl (C=O) groups is 2. The molecule has 0 saturated heterocycles. The minimum atomic E-state index is -1.00. The Bertz CT molecular complexity index is 451. The molecule has 1 amide bonds. The Hall–Kier alpha value is -2.18. The Morgan fingerprint density at radius 2 is 2.20 bits per heavy atom. The molecule has 1 aromatic heterocycles. The summed E-state index contributed by atoms with van der Waals surface area (Å²) in [5.74, 6) is -2.12. The predicted molar refractivity (Wildman–Crippen MR) is 49.3 cm³/mol. The Morgan fingerprint density at radius 1 is 1.53 bits per heavy atom. The third-order valence-corrected chi connectivity index (χ3v) is 1.62. The minimum Gasteiger partial charge on any atom is -0.481 e. The number of aliphatic carboxylic acids is 1. The summed E-state index contributed by atoms with van der Waals surface area (Å²) < 4.78 is 0. The lowest BCUT2D eigenvalue weighted by molar-refractivity contribution is -0.136. The summed E-state index contributed by atoms with van der Waals surface area (Å²) in [6.45, 7) is 0. The molecule has 80 valence electrons. The Kier molecular flexibility index (Phi) is 3.17. The van der Waals surface area contributed by atoms with Crippen molar-refractivity contribution in [3.8, 4) is 0 Å². The van der Waals surface area contributed by atoms with Crippen LogP contribution < -0.4 is 11.3 Å². The number of carbonyl (C=O) groups excluding carboxylic acids is 1. The lowest BCUT2D eigenvalue weighted by Crippen LogP contribution is -2.22. The summed E-state index contributed by atoms with van der Waals surface area (Å²) in [5, 5.41) is 8.42. The first-order valence-corrected chi connectivity index (χ1v) is 4.11. The van der Waals surface area contributed by atoms with Gasteiger partial charge in [0.2, 0.25) is 0 Å². The van der Waals surface area contributed by atoms with Crippen molar-refractivity contribution in [3.05, 3.63) is 27.9 Å². The van der Waals surface area contributed by atoms with Gasteiger partial charge in [0, 0.05) is 18.2 Å². The average molecular weight is 211 g/mol. The van der Waals surface area contributed by atoms with Gasteiger partial charge in [0.05, 0.1) is 6.42 Å². The number of aromatic amines is 1. The highest BCUT2D eigenvalue weighted by Gasteiger charge is 2.07. The van der Waals surface area contributed by atoms with Crippen molar-refractivity contribution in [2.75, 3.05) is 0 Å². The van der Waals surface area contributed by atoms with Crippen LogP contribution in [0.25, 0.3) is 0 Å². The number of nitrogens with zero attached hydrogens (tertiary/aromatic N) is 1. The SMILES string of the molecule is NC(=O)c1nc(CCC(=O)O)cc(=O)[nH]1. The minimum absolute atomic E-state index is 0.0829. The number of carboxylic acid groups (broad SMARTS) is 1. The Balaban J connectivity index is 2.94. The van der Waals surface area contributed by atoms with Gasteiger partial charge in [0.1, 0.15) is 0 Å². The van der Waals surface area contributed by atoms with E-state index in [4.69, 9.17) is 10.8 Å². The second-order valence-electron chi connectivity index (χ2n) is 2.84. The quantitative estimate of drug-likeness (QED) is 0.581. The lowest BCUT2D eigenvalue weighted by atomic mass is 10.2. The summed E-state index contributed by atoms with van der Waals surface area (Å²) in [7, 11) is 0. The fourth-order valence-corrected chi connectivity index (χ4v) is 0.988. The van der Waals surface area contributed by atoms with Crippen molar-refractivity contribution in [2.45, 2.75) is 12.8 Å². The van der Waals surface area contributed by atoms with Crippen molar-refractivity contribution in [3.63, 3.8) is 0 Å². The highest BCUT2D eigenvalue weighted by Crippen LogP contribution is 1.96. The molecule has 0 aliphatic heterocycles. The van der Waals surface area contributed by atoms with E-state index in [0.29, 0.717) is 0 Å². The standard InChI is InChI=1S/C8H9N3O4/c9-7(15)8-10-4(1-2-6(13)14)3-5(12)11-8/h3H,1-2H2,(H2,9,15)(H,13,14)(H,10,11,12). The number of nitrogens with two attached hydrogens (primary N) is 1. The molecule has 4 N–H and O–H groups in total. The molecule has 0 aromatic carbocycles. The monoisotopic (exact) mass is 211 g/mol. The van der Waals surface area contributed by atoms with Crippen LogP contribution >= 0.6 is 0 Å². The van der Waals surface area contributed by atoms with E-state index in [1.165, 1.54) is 0 Å². The molecule has 0 spiro atoms. The van der Waals surface area contributed by atoms with Crippen molar-refractivity contribution in [1.82, 2.24) is 9.97 Å². The van der Waals surface area contributed by atoms with Crippen LogP contribution in [-0.2, 0) is 11.2 Å². The maximum atomic E-state index is 11.0. The number of hydrogen-bond acceptors (Lipinski definition) is 4. The maximum absolute atomic E-state index is 11.0. The predicted octanol–water partition coefficient (Wildman–Crippen LogP) is -1.11. The zero-order valence-electron chi connectivity index (χ0n) is 7.69. The number of rotatable bonds is 4. The molecule has 1 rings (SSSR count). The van der Waals surface area contributed by atoms with Gasteiger partial charge in [0.15, 0.2) is 5.82 Å². The average Bonchev–Trinajstić information content (AvgIpc) is 2.13. The van der Waals surface area contributed by atoms with E-state index in [1.807, 2.05) is 0 Å². The summed E-state index contributed by atoms with van der Waals surface area (Å²) >= 11 is 0. The van der Waals surface area contributed by atoms with Crippen LogP contribution in [0.4, 0.5) is 0 Å². The number of aromatic nitrogens is 2. The van der Waals surface area contributed by atoms with Crippen molar-refractivity contribution < 1.29 is 14.7 Å². The summed E-state index contributed by atoms with van der Waals surface area (Å²) in [6.07, 6.45) is -0.0752. The van der Waals surface area contributed by atoms with Gasteiger partial charge in [-0.05, 0) is 0 Å². The van der Waals surface area contributed by atoms with Crippen molar-refractivity contribution in [1.29, 1.82) is 0 Å². The fourth-order valence-electron chi connectivity index (χ4n) is 0.988. The molecule has 1 aromatic rings. The second-order valence-corrected chi connectivity index (χ2v) is 2.84. The molecule has 0 aliphatic carbocycles. The first kappa shape index (κ1) is 10.9. The van der Waals surface area contributed by atoms with Crippen LogP contribution in [0, 0.1) is 0 Å². The lowest BCUT2D eigenvalue weighted by Gasteiger charge is -1.99. The smallest absolute Gasteiger partial charge is 0.303 e. The van der Waals surface area contributed by atoms with Gasteiger partial charge < -0.3 is 15.8 Å². The van der Waals surface area contributed by atoms with E-state index < -0.39 is 17.4 Å². The molecule has 0 atom stereocenters. The molecular formula is C8H9N3O4. The first-order chi connectivity index (χ1) is 6.99. The number of H-pyrrole nitrogens is 1. The Labute approximate surface area is 83.9 Å². The summed E-state index contributed by atoms with van der Waals surface area (Å²) in [6, 6.07) is 1.13. The normalized spacial score (nSPS) is 9.87. The van der Waals surface area contributed by atoms with Gasteiger partial charge in [-0.15, -0.1) is 0 Å². The zero-order chi connectivity index (χ0) is 11.4. The van der Waals surface area contributed by atoms with Gasteiger partial charge in [-0.1, -0.05) is 0 Å². The first-order valence-electron chi connectivity index (χ1n) is 4.11. The van der Waals surface area contributed by atoms with E-state index in [-0.39, 0.29) is 24.4 Å². The molecule has 7 heteroatoms. The molecule has 1 heterocycles.